The minimum atomic E-state index is -0.139. The smallest absolute Gasteiger partial charge is 0.272 e. The van der Waals surface area contributed by atoms with Crippen LogP contribution in [0.1, 0.15) is 29.4 Å². The van der Waals surface area contributed by atoms with E-state index in [0.29, 0.717) is 17.3 Å². The Morgan fingerprint density at radius 1 is 1.43 bits per heavy atom. The number of nitrogens with one attached hydrogen (secondary N) is 2. The van der Waals surface area contributed by atoms with Gasteiger partial charge in [-0.05, 0) is 43.5 Å². The van der Waals surface area contributed by atoms with Crippen molar-refractivity contribution in [3.05, 3.63) is 46.7 Å². The molecule has 1 aliphatic heterocycles. The summed E-state index contributed by atoms with van der Waals surface area (Å²) in [6.45, 7) is 3.68. The summed E-state index contributed by atoms with van der Waals surface area (Å²) in [7, 11) is 0. The van der Waals surface area contributed by atoms with Crippen molar-refractivity contribution in [1.82, 2.24) is 4.57 Å². The molecule has 1 aromatic heterocycles. The second kappa shape index (κ2) is 5.82. The molecule has 21 heavy (non-hydrogen) atoms. The van der Waals surface area contributed by atoms with Crippen LogP contribution in [-0.2, 0) is 13.0 Å². The molecule has 2 heterocycles. The van der Waals surface area contributed by atoms with Gasteiger partial charge in [-0.25, -0.2) is 0 Å². The number of aryl methyl sites for hydroxylation is 2. The molecule has 2 aromatic rings. The Balaban J connectivity index is 1.81. The number of benzene rings is 1. The van der Waals surface area contributed by atoms with Gasteiger partial charge in [0.1, 0.15) is 5.69 Å². The van der Waals surface area contributed by atoms with Crippen LogP contribution in [0.5, 0.6) is 0 Å². The number of carbonyl (C=O) groups excluding carboxylic acids is 1. The number of nitrogens with zero attached hydrogens (tertiary/aromatic N) is 1. The van der Waals surface area contributed by atoms with Crippen molar-refractivity contribution in [2.45, 2.75) is 26.3 Å². The van der Waals surface area contributed by atoms with Gasteiger partial charge >= 0.3 is 0 Å². The minimum absolute atomic E-state index is 0.139. The summed E-state index contributed by atoms with van der Waals surface area (Å²) < 4.78 is 1.84. The molecule has 1 amide bonds. The molecule has 0 bridgehead atoms. The monoisotopic (exact) mass is 303 g/mol. The zero-order valence-electron chi connectivity index (χ0n) is 11.9. The fraction of sp³-hybridized carbons (Fsp3) is 0.312. The van der Waals surface area contributed by atoms with Crippen molar-refractivity contribution in [2.24, 2.45) is 0 Å². The van der Waals surface area contributed by atoms with E-state index in [1.54, 1.807) is 12.3 Å². The van der Waals surface area contributed by atoms with E-state index < -0.39 is 0 Å². The molecule has 0 atom stereocenters. The molecule has 3 rings (SSSR count). The van der Waals surface area contributed by atoms with Gasteiger partial charge in [0.2, 0.25) is 0 Å². The van der Waals surface area contributed by atoms with Crippen LogP contribution in [0, 0.1) is 0 Å². The maximum Gasteiger partial charge on any atom is 0.272 e. The quantitative estimate of drug-likeness (QED) is 0.906. The first-order chi connectivity index (χ1) is 10.2. The molecular weight excluding hydrogens is 286 g/mol. The number of carbonyl (C=O) groups is 1. The molecule has 2 N–H and O–H groups in total. The number of fused-ring (bicyclic) bond motifs is 1. The maximum absolute atomic E-state index is 12.4. The highest BCUT2D eigenvalue weighted by molar-refractivity contribution is 6.31. The molecule has 110 valence electrons. The highest BCUT2D eigenvalue weighted by Crippen LogP contribution is 2.26. The minimum Gasteiger partial charge on any atom is -0.385 e. The van der Waals surface area contributed by atoms with Crippen LogP contribution in [0.2, 0.25) is 5.02 Å². The topological polar surface area (TPSA) is 46.1 Å². The van der Waals surface area contributed by atoms with Crippen molar-refractivity contribution in [1.29, 1.82) is 0 Å². The zero-order chi connectivity index (χ0) is 14.8. The third kappa shape index (κ3) is 2.90. The molecule has 1 aromatic carbocycles. The Kier molecular flexibility index (Phi) is 3.88. The first-order valence-electron chi connectivity index (χ1n) is 7.21. The number of rotatable bonds is 3. The van der Waals surface area contributed by atoms with E-state index in [4.69, 9.17) is 11.6 Å². The Morgan fingerprint density at radius 3 is 3.10 bits per heavy atom. The number of amides is 1. The molecule has 0 spiro atoms. The van der Waals surface area contributed by atoms with Crippen molar-refractivity contribution < 1.29 is 4.79 Å². The number of halogens is 1. The third-order valence-corrected chi connectivity index (χ3v) is 3.95. The molecule has 5 heteroatoms. The normalized spacial score (nSPS) is 13.4. The Morgan fingerprint density at radius 2 is 2.29 bits per heavy atom. The SMILES string of the molecule is CCn1cc(Cl)cc1C(=O)Nc1ccc2c(c1)NCCC2. The summed E-state index contributed by atoms with van der Waals surface area (Å²) >= 11 is 5.98. The molecule has 0 fully saturated rings. The van der Waals surface area contributed by atoms with E-state index in [9.17, 15) is 4.79 Å². The molecule has 0 unspecified atom stereocenters. The standard InChI is InChI=1S/C16H18ClN3O/c1-2-20-10-12(17)8-15(20)16(21)19-13-6-5-11-4-3-7-18-14(11)9-13/h5-6,8-10,18H,2-4,7H2,1H3,(H,19,21). The average Bonchev–Trinajstić information content (AvgIpc) is 2.88. The van der Waals surface area contributed by atoms with Crippen molar-refractivity contribution in [2.75, 3.05) is 17.2 Å². The van der Waals surface area contributed by atoms with E-state index in [-0.39, 0.29) is 5.91 Å². The van der Waals surface area contributed by atoms with Crippen LogP contribution in [0.4, 0.5) is 11.4 Å². The molecule has 0 saturated carbocycles. The second-order valence-electron chi connectivity index (χ2n) is 5.19. The Hall–Kier alpha value is -1.94. The lowest BCUT2D eigenvalue weighted by atomic mass is 10.0. The molecule has 4 nitrogen and oxygen atoms in total. The predicted molar refractivity (Wildman–Crippen MR) is 86.3 cm³/mol. The summed E-state index contributed by atoms with van der Waals surface area (Å²) in [6.07, 6.45) is 4.01. The fourth-order valence-electron chi connectivity index (χ4n) is 2.66. The maximum atomic E-state index is 12.4. The molecule has 0 radical (unpaired) electrons. The summed E-state index contributed by atoms with van der Waals surface area (Å²) in [5, 5.41) is 6.88. The van der Waals surface area contributed by atoms with Gasteiger partial charge in [0, 0.05) is 30.7 Å². The molecule has 0 saturated heterocycles. The van der Waals surface area contributed by atoms with Crippen molar-refractivity contribution >= 4 is 28.9 Å². The van der Waals surface area contributed by atoms with Gasteiger partial charge in [-0.15, -0.1) is 0 Å². The fourth-order valence-corrected chi connectivity index (χ4v) is 2.88. The van der Waals surface area contributed by atoms with Crippen LogP contribution in [-0.4, -0.2) is 17.0 Å². The van der Waals surface area contributed by atoms with Crippen LogP contribution in [0.3, 0.4) is 0 Å². The number of hydrogen-bond acceptors (Lipinski definition) is 2. The van der Waals surface area contributed by atoms with Crippen LogP contribution < -0.4 is 10.6 Å². The first kappa shape index (κ1) is 14.0. The van der Waals surface area contributed by atoms with Gasteiger partial charge in [0.25, 0.3) is 5.91 Å². The third-order valence-electron chi connectivity index (χ3n) is 3.74. The van der Waals surface area contributed by atoms with E-state index >= 15 is 0 Å². The van der Waals surface area contributed by atoms with Gasteiger partial charge in [-0.3, -0.25) is 4.79 Å². The summed E-state index contributed by atoms with van der Waals surface area (Å²) in [6, 6.07) is 7.71. The van der Waals surface area contributed by atoms with Gasteiger partial charge in [0.05, 0.1) is 5.02 Å². The molecule has 0 aliphatic carbocycles. The van der Waals surface area contributed by atoms with E-state index in [0.717, 1.165) is 30.8 Å². The van der Waals surface area contributed by atoms with Crippen molar-refractivity contribution in [3.8, 4) is 0 Å². The average molecular weight is 304 g/mol. The van der Waals surface area contributed by atoms with Gasteiger partial charge in [-0.2, -0.15) is 0 Å². The summed E-state index contributed by atoms with van der Waals surface area (Å²) in [4.78, 5) is 12.4. The molecular formula is C16H18ClN3O. The van der Waals surface area contributed by atoms with Crippen LogP contribution in [0.25, 0.3) is 0 Å². The van der Waals surface area contributed by atoms with E-state index in [1.807, 2.05) is 23.6 Å². The highest BCUT2D eigenvalue weighted by Gasteiger charge is 2.14. The summed E-state index contributed by atoms with van der Waals surface area (Å²) in [5.74, 6) is -0.139. The molecule has 1 aliphatic rings. The van der Waals surface area contributed by atoms with E-state index in [2.05, 4.69) is 16.7 Å². The second-order valence-corrected chi connectivity index (χ2v) is 5.62. The van der Waals surface area contributed by atoms with Crippen LogP contribution in [0.15, 0.2) is 30.5 Å². The van der Waals surface area contributed by atoms with Gasteiger partial charge < -0.3 is 15.2 Å². The first-order valence-corrected chi connectivity index (χ1v) is 7.59. The van der Waals surface area contributed by atoms with E-state index in [1.165, 1.54) is 5.56 Å². The predicted octanol–water partition coefficient (Wildman–Crippen LogP) is 3.77. The Labute approximate surface area is 129 Å². The van der Waals surface area contributed by atoms with Crippen LogP contribution >= 0.6 is 11.6 Å². The lowest BCUT2D eigenvalue weighted by Gasteiger charge is -2.19. The zero-order valence-corrected chi connectivity index (χ0v) is 12.7. The van der Waals surface area contributed by atoms with Gasteiger partial charge in [-0.1, -0.05) is 17.7 Å². The lowest BCUT2D eigenvalue weighted by molar-refractivity contribution is 0.101. The highest BCUT2D eigenvalue weighted by atomic mass is 35.5. The Bertz CT molecular complexity index is 678. The number of aromatic nitrogens is 1. The van der Waals surface area contributed by atoms with Gasteiger partial charge in [0.15, 0.2) is 0 Å². The number of hydrogen-bond donors (Lipinski definition) is 2. The summed E-state index contributed by atoms with van der Waals surface area (Å²) in [5.41, 5.74) is 3.79. The van der Waals surface area contributed by atoms with Crippen molar-refractivity contribution in [3.63, 3.8) is 0 Å². The lowest BCUT2D eigenvalue weighted by Crippen LogP contribution is -2.17. The largest absolute Gasteiger partial charge is 0.385 e. The number of anilines is 2.